The van der Waals surface area contributed by atoms with Gasteiger partial charge in [-0.05, 0) is 49.9 Å². The van der Waals surface area contributed by atoms with Gasteiger partial charge in [-0.3, -0.25) is 0 Å². The van der Waals surface area contributed by atoms with E-state index in [9.17, 15) is 0 Å². The molecule has 0 aromatic heterocycles. The zero-order valence-electron chi connectivity index (χ0n) is 12.9. The van der Waals surface area contributed by atoms with Crippen LogP contribution < -0.4 is 14.8 Å². The van der Waals surface area contributed by atoms with Crippen molar-refractivity contribution in [3.05, 3.63) is 23.8 Å². The lowest BCUT2D eigenvalue weighted by atomic mass is 9.89. The lowest BCUT2D eigenvalue weighted by molar-refractivity contribution is 0.386. The number of benzene rings is 1. The van der Waals surface area contributed by atoms with Crippen LogP contribution in [0.2, 0.25) is 0 Å². The maximum Gasteiger partial charge on any atom is 0.122 e. The van der Waals surface area contributed by atoms with Crippen LogP contribution in [0.1, 0.15) is 50.5 Å². The SMILES string of the molecule is CCNC1CCCCC(c2cc(OC)ccc2OC)C1. The van der Waals surface area contributed by atoms with Gasteiger partial charge < -0.3 is 14.8 Å². The molecule has 2 unspecified atom stereocenters. The van der Waals surface area contributed by atoms with Crippen molar-refractivity contribution in [2.75, 3.05) is 20.8 Å². The second-order valence-corrected chi connectivity index (χ2v) is 5.58. The second kappa shape index (κ2) is 7.53. The summed E-state index contributed by atoms with van der Waals surface area (Å²) >= 11 is 0. The third kappa shape index (κ3) is 3.66. The molecule has 1 aliphatic carbocycles. The summed E-state index contributed by atoms with van der Waals surface area (Å²) < 4.78 is 10.9. The van der Waals surface area contributed by atoms with Gasteiger partial charge in [0.25, 0.3) is 0 Å². The minimum Gasteiger partial charge on any atom is -0.497 e. The number of ether oxygens (including phenoxy) is 2. The van der Waals surface area contributed by atoms with Gasteiger partial charge in [-0.1, -0.05) is 19.8 Å². The summed E-state index contributed by atoms with van der Waals surface area (Å²) in [5.74, 6) is 2.48. The molecule has 2 rings (SSSR count). The fraction of sp³-hybridized carbons (Fsp3) is 0.647. The van der Waals surface area contributed by atoms with Crippen molar-refractivity contribution in [3.8, 4) is 11.5 Å². The Hall–Kier alpha value is -1.22. The zero-order valence-corrected chi connectivity index (χ0v) is 12.9. The highest BCUT2D eigenvalue weighted by Gasteiger charge is 2.23. The highest BCUT2D eigenvalue weighted by atomic mass is 16.5. The number of hydrogen-bond donors (Lipinski definition) is 1. The normalized spacial score (nSPS) is 23.1. The Bertz CT molecular complexity index is 419. The van der Waals surface area contributed by atoms with Crippen LogP contribution >= 0.6 is 0 Å². The molecule has 0 aliphatic heterocycles. The average Bonchev–Trinajstić information content (AvgIpc) is 2.72. The molecule has 1 saturated carbocycles. The van der Waals surface area contributed by atoms with E-state index in [-0.39, 0.29) is 0 Å². The Labute approximate surface area is 122 Å². The molecule has 1 fully saturated rings. The molecule has 0 spiro atoms. The van der Waals surface area contributed by atoms with E-state index in [1.807, 2.05) is 12.1 Å². The van der Waals surface area contributed by atoms with Crippen molar-refractivity contribution in [1.29, 1.82) is 0 Å². The fourth-order valence-corrected chi connectivity index (χ4v) is 3.28. The molecule has 3 nitrogen and oxygen atoms in total. The van der Waals surface area contributed by atoms with E-state index in [4.69, 9.17) is 9.47 Å². The van der Waals surface area contributed by atoms with Crippen LogP contribution in [0.3, 0.4) is 0 Å². The first-order valence-electron chi connectivity index (χ1n) is 7.73. The summed E-state index contributed by atoms with van der Waals surface area (Å²) in [6, 6.07) is 6.78. The van der Waals surface area contributed by atoms with Crippen LogP contribution in [0.15, 0.2) is 18.2 Å². The quantitative estimate of drug-likeness (QED) is 0.832. The minimum absolute atomic E-state index is 0.562. The van der Waals surface area contributed by atoms with Crippen LogP contribution in [-0.2, 0) is 0 Å². The van der Waals surface area contributed by atoms with Gasteiger partial charge in [0.1, 0.15) is 11.5 Å². The smallest absolute Gasteiger partial charge is 0.122 e. The van der Waals surface area contributed by atoms with Gasteiger partial charge in [0, 0.05) is 11.6 Å². The van der Waals surface area contributed by atoms with Crippen LogP contribution in [-0.4, -0.2) is 26.8 Å². The van der Waals surface area contributed by atoms with Crippen molar-refractivity contribution in [2.45, 2.75) is 51.0 Å². The van der Waals surface area contributed by atoms with Gasteiger partial charge in [0.05, 0.1) is 14.2 Å². The van der Waals surface area contributed by atoms with Crippen LogP contribution in [0.5, 0.6) is 11.5 Å². The molecular formula is C17H27NO2. The fourth-order valence-electron chi connectivity index (χ4n) is 3.28. The van der Waals surface area contributed by atoms with E-state index in [0.717, 1.165) is 18.0 Å². The molecule has 0 heterocycles. The van der Waals surface area contributed by atoms with Gasteiger partial charge in [-0.2, -0.15) is 0 Å². The topological polar surface area (TPSA) is 30.5 Å². The molecule has 0 bridgehead atoms. The van der Waals surface area contributed by atoms with Crippen molar-refractivity contribution in [2.24, 2.45) is 0 Å². The highest BCUT2D eigenvalue weighted by molar-refractivity contribution is 5.42. The molecule has 1 N–H and O–H groups in total. The first-order valence-corrected chi connectivity index (χ1v) is 7.73. The molecule has 0 saturated heterocycles. The number of rotatable bonds is 5. The standard InChI is InChI=1S/C17H27NO2/c1-4-18-14-8-6-5-7-13(11-14)16-12-15(19-2)9-10-17(16)20-3/h9-10,12-14,18H,4-8,11H2,1-3H3. The van der Waals surface area contributed by atoms with Gasteiger partial charge >= 0.3 is 0 Å². The Morgan fingerprint density at radius 3 is 2.65 bits per heavy atom. The lowest BCUT2D eigenvalue weighted by Crippen LogP contribution is -2.29. The second-order valence-electron chi connectivity index (χ2n) is 5.58. The molecule has 1 aromatic carbocycles. The molecule has 20 heavy (non-hydrogen) atoms. The van der Waals surface area contributed by atoms with Gasteiger partial charge in [0.2, 0.25) is 0 Å². The molecule has 2 atom stereocenters. The molecule has 1 aromatic rings. The van der Waals surface area contributed by atoms with Crippen molar-refractivity contribution >= 4 is 0 Å². The van der Waals surface area contributed by atoms with E-state index >= 15 is 0 Å². The summed E-state index contributed by atoms with van der Waals surface area (Å²) in [4.78, 5) is 0. The number of nitrogens with one attached hydrogen (secondary N) is 1. The number of methoxy groups -OCH3 is 2. The lowest BCUT2D eigenvalue weighted by Gasteiger charge is -2.23. The number of hydrogen-bond acceptors (Lipinski definition) is 3. The van der Waals surface area contributed by atoms with Crippen LogP contribution in [0.25, 0.3) is 0 Å². The van der Waals surface area contributed by atoms with Crippen molar-refractivity contribution < 1.29 is 9.47 Å². The molecular weight excluding hydrogens is 250 g/mol. The first kappa shape index (κ1) is 15.2. The maximum absolute atomic E-state index is 5.56. The summed E-state index contributed by atoms with van der Waals surface area (Å²) in [7, 11) is 3.48. The minimum atomic E-state index is 0.562. The summed E-state index contributed by atoms with van der Waals surface area (Å²) in [5, 5.41) is 3.62. The summed E-state index contributed by atoms with van der Waals surface area (Å²) in [6.07, 6.45) is 6.34. The maximum atomic E-state index is 5.56. The largest absolute Gasteiger partial charge is 0.497 e. The highest BCUT2D eigenvalue weighted by Crippen LogP contribution is 2.38. The third-order valence-corrected chi connectivity index (χ3v) is 4.29. The van der Waals surface area contributed by atoms with Gasteiger partial charge in [0.15, 0.2) is 0 Å². The zero-order chi connectivity index (χ0) is 14.4. The molecule has 112 valence electrons. The first-order chi connectivity index (χ1) is 9.78. The average molecular weight is 277 g/mol. The summed E-state index contributed by atoms with van der Waals surface area (Å²) in [6.45, 7) is 3.23. The Morgan fingerprint density at radius 1 is 1.15 bits per heavy atom. The third-order valence-electron chi connectivity index (χ3n) is 4.29. The predicted octanol–water partition coefficient (Wildman–Crippen LogP) is 3.73. The summed E-state index contributed by atoms with van der Waals surface area (Å²) in [5.41, 5.74) is 1.30. The van der Waals surface area contributed by atoms with E-state index in [1.165, 1.54) is 37.7 Å². The van der Waals surface area contributed by atoms with Gasteiger partial charge in [-0.25, -0.2) is 0 Å². The molecule has 0 radical (unpaired) electrons. The van der Waals surface area contributed by atoms with E-state index < -0.39 is 0 Å². The van der Waals surface area contributed by atoms with Crippen molar-refractivity contribution in [1.82, 2.24) is 5.32 Å². The Balaban J connectivity index is 2.23. The predicted molar refractivity (Wildman–Crippen MR) is 82.8 cm³/mol. The van der Waals surface area contributed by atoms with Crippen LogP contribution in [0, 0.1) is 0 Å². The Kier molecular flexibility index (Phi) is 5.72. The van der Waals surface area contributed by atoms with E-state index in [2.05, 4.69) is 18.3 Å². The molecule has 3 heteroatoms. The van der Waals surface area contributed by atoms with Crippen molar-refractivity contribution in [3.63, 3.8) is 0 Å². The van der Waals surface area contributed by atoms with E-state index in [0.29, 0.717) is 12.0 Å². The molecule has 0 amide bonds. The molecule has 1 aliphatic rings. The van der Waals surface area contributed by atoms with E-state index in [1.54, 1.807) is 14.2 Å². The van der Waals surface area contributed by atoms with Gasteiger partial charge in [-0.15, -0.1) is 0 Å². The van der Waals surface area contributed by atoms with Crippen LogP contribution in [0.4, 0.5) is 0 Å². The monoisotopic (exact) mass is 277 g/mol. The Morgan fingerprint density at radius 2 is 1.95 bits per heavy atom.